The van der Waals surface area contributed by atoms with E-state index in [1.54, 1.807) is 0 Å². The zero-order valence-corrected chi connectivity index (χ0v) is 31.8. The number of benzene rings is 9. The molecular formula is C54H33BN2O2. The first-order chi connectivity index (χ1) is 29.2. The van der Waals surface area contributed by atoms with Gasteiger partial charge in [-0.3, -0.25) is 0 Å². The molecule has 2 aliphatic rings. The molecule has 0 fully saturated rings. The highest BCUT2D eigenvalue weighted by atomic mass is 16.3. The number of fused-ring (bicyclic) bond motifs is 10. The van der Waals surface area contributed by atoms with E-state index < -0.39 is 0 Å². The molecule has 2 aliphatic heterocycles. The summed E-state index contributed by atoms with van der Waals surface area (Å²) in [7, 11) is 0. The van der Waals surface area contributed by atoms with Crippen molar-refractivity contribution in [2.24, 2.45) is 0 Å². The lowest BCUT2D eigenvalue weighted by molar-refractivity contribution is 0.668. The van der Waals surface area contributed by atoms with E-state index in [1.165, 1.54) is 50.3 Å². The summed E-state index contributed by atoms with van der Waals surface area (Å²) in [6.45, 7) is -0.0389. The number of furan rings is 2. The van der Waals surface area contributed by atoms with Crippen LogP contribution in [0.5, 0.6) is 0 Å². The lowest BCUT2D eigenvalue weighted by atomic mass is 9.33. The largest absolute Gasteiger partial charge is 0.456 e. The molecule has 0 atom stereocenters. The molecule has 4 heterocycles. The second kappa shape index (κ2) is 12.4. The average molecular weight is 753 g/mol. The number of nitrogens with zero attached hydrogens (tertiary/aromatic N) is 2. The maximum atomic E-state index is 6.25. The van der Waals surface area contributed by atoms with Crippen molar-refractivity contribution in [3.05, 3.63) is 200 Å². The van der Waals surface area contributed by atoms with Crippen LogP contribution in [0.15, 0.2) is 209 Å². The molecule has 2 aromatic heterocycles. The van der Waals surface area contributed by atoms with Gasteiger partial charge in [0, 0.05) is 55.7 Å². The van der Waals surface area contributed by atoms with Gasteiger partial charge in [-0.2, -0.15) is 0 Å². The van der Waals surface area contributed by atoms with Crippen LogP contribution in [0.25, 0.3) is 66.1 Å². The molecule has 0 radical (unpaired) electrons. The van der Waals surface area contributed by atoms with Gasteiger partial charge in [-0.15, -0.1) is 0 Å². The van der Waals surface area contributed by atoms with E-state index in [2.05, 4.69) is 186 Å². The zero-order valence-electron chi connectivity index (χ0n) is 31.8. The van der Waals surface area contributed by atoms with Crippen molar-refractivity contribution in [1.29, 1.82) is 0 Å². The van der Waals surface area contributed by atoms with Crippen LogP contribution in [0, 0.1) is 0 Å². The Labute approximate surface area is 340 Å². The van der Waals surface area contributed by atoms with Gasteiger partial charge < -0.3 is 18.6 Å². The summed E-state index contributed by atoms with van der Waals surface area (Å²) in [5.74, 6) is 0. The Hall–Kier alpha value is -7.76. The number of hydrogen-bond donors (Lipinski definition) is 0. The molecule has 0 spiro atoms. The van der Waals surface area contributed by atoms with E-state index in [1.807, 2.05) is 24.3 Å². The first-order valence-electron chi connectivity index (χ1n) is 20.2. The highest BCUT2D eigenvalue weighted by Gasteiger charge is 2.43. The molecule has 0 amide bonds. The molecular weight excluding hydrogens is 719 g/mol. The van der Waals surface area contributed by atoms with Gasteiger partial charge in [0.2, 0.25) is 0 Å². The third-order valence-electron chi connectivity index (χ3n) is 12.4. The van der Waals surface area contributed by atoms with E-state index in [9.17, 15) is 0 Å². The normalized spacial score (nSPS) is 13.0. The highest BCUT2D eigenvalue weighted by Crippen LogP contribution is 2.45. The van der Waals surface area contributed by atoms with E-state index in [4.69, 9.17) is 8.83 Å². The first-order valence-corrected chi connectivity index (χ1v) is 20.2. The number of anilines is 6. The van der Waals surface area contributed by atoms with E-state index in [0.717, 1.165) is 66.4 Å². The quantitative estimate of drug-likeness (QED) is 0.168. The smallest absolute Gasteiger partial charge is 0.252 e. The Morgan fingerprint density at radius 1 is 0.305 bits per heavy atom. The molecule has 274 valence electrons. The zero-order chi connectivity index (χ0) is 38.6. The van der Waals surface area contributed by atoms with Crippen LogP contribution in [0.3, 0.4) is 0 Å². The topological polar surface area (TPSA) is 32.8 Å². The molecule has 0 saturated heterocycles. The van der Waals surface area contributed by atoms with Crippen molar-refractivity contribution in [3.8, 4) is 22.3 Å². The highest BCUT2D eigenvalue weighted by molar-refractivity contribution is 7.00. The summed E-state index contributed by atoms with van der Waals surface area (Å²) in [6.07, 6.45) is 0. The fourth-order valence-electron chi connectivity index (χ4n) is 9.82. The lowest BCUT2D eigenvalue weighted by Crippen LogP contribution is -2.61. The minimum Gasteiger partial charge on any atom is -0.456 e. The van der Waals surface area contributed by atoms with Crippen LogP contribution in [-0.4, -0.2) is 6.71 Å². The van der Waals surface area contributed by atoms with Gasteiger partial charge >= 0.3 is 0 Å². The fourth-order valence-corrected chi connectivity index (χ4v) is 9.82. The molecule has 0 unspecified atom stereocenters. The Balaban J connectivity index is 1.07. The number of hydrogen-bond acceptors (Lipinski definition) is 4. The molecule has 13 rings (SSSR count). The van der Waals surface area contributed by atoms with Crippen molar-refractivity contribution in [2.75, 3.05) is 9.80 Å². The SMILES string of the molecule is c1ccc(N2c3ccc(-c4ccc5oc6ccccc6c5c4)cc3B3c4cc(-c5ccc6oc7ccccc7c6c5)ccc4N(c4ccccc4)c4cccc2c43)cc1. The van der Waals surface area contributed by atoms with Gasteiger partial charge in [0.1, 0.15) is 22.3 Å². The average Bonchev–Trinajstić information content (AvgIpc) is 3.87. The van der Waals surface area contributed by atoms with Crippen LogP contribution < -0.4 is 26.2 Å². The van der Waals surface area contributed by atoms with Crippen molar-refractivity contribution in [3.63, 3.8) is 0 Å². The maximum Gasteiger partial charge on any atom is 0.252 e. The van der Waals surface area contributed by atoms with Crippen molar-refractivity contribution in [2.45, 2.75) is 0 Å². The Kier molecular flexibility index (Phi) is 6.78. The molecule has 0 saturated carbocycles. The minimum absolute atomic E-state index is 0.0389. The summed E-state index contributed by atoms with van der Waals surface area (Å²) in [5.41, 5.74) is 19.1. The lowest BCUT2D eigenvalue weighted by Gasteiger charge is -2.44. The number of rotatable bonds is 4. The van der Waals surface area contributed by atoms with Crippen LogP contribution in [-0.2, 0) is 0 Å². The van der Waals surface area contributed by atoms with Gasteiger partial charge in [0.25, 0.3) is 6.71 Å². The third kappa shape index (κ3) is 4.79. The molecule has 9 aromatic carbocycles. The Morgan fingerprint density at radius 2 is 0.712 bits per heavy atom. The van der Waals surface area contributed by atoms with Crippen molar-refractivity contribution >= 4 is 101 Å². The van der Waals surface area contributed by atoms with Gasteiger partial charge in [0.05, 0.1) is 0 Å². The van der Waals surface area contributed by atoms with Crippen molar-refractivity contribution in [1.82, 2.24) is 0 Å². The van der Waals surface area contributed by atoms with Crippen LogP contribution in [0.1, 0.15) is 0 Å². The fraction of sp³-hybridized carbons (Fsp3) is 0. The Morgan fingerprint density at radius 3 is 1.20 bits per heavy atom. The Bertz CT molecular complexity index is 3250. The second-order valence-electron chi connectivity index (χ2n) is 15.7. The summed E-state index contributed by atoms with van der Waals surface area (Å²) >= 11 is 0. The van der Waals surface area contributed by atoms with E-state index in [-0.39, 0.29) is 6.71 Å². The van der Waals surface area contributed by atoms with Crippen LogP contribution in [0.2, 0.25) is 0 Å². The standard InChI is InChI=1S/C54H33BN2O2/c1-3-12-38(13-4-1)56-46-26-22-36(34-24-28-52-42(30-34)40-16-7-9-20-50(40)58-52)32-44(46)55-45-33-37(35-25-29-53-43(31-35)41-17-8-10-21-51(41)59-53)23-27-47(45)57(39-14-5-2-6-15-39)49-19-11-18-48(56)54(49)55/h1-33H. The van der Waals surface area contributed by atoms with Gasteiger partial charge in [-0.25, -0.2) is 0 Å². The molecule has 5 heteroatoms. The summed E-state index contributed by atoms with van der Waals surface area (Å²) in [4.78, 5) is 4.91. The van der Waals surface area contributed by atoms with Crippen LogP contribution >= 0.6 is 0 Å². The summed E-state index contributed by atoms with van der Waals surface area (Å²) < 4.78 is 12.5. The molecule has 0 bridgehead atoms. The van der Waals surface area contributed by atoms with Crippen LogP contribution in [0.4, 0.5) is 34.1 Å². The minimum atomic E-state index is -0.0389. The molecule has 11 aromatic rings. The summed E-state index contributed by atoms with van der Waals surface area (Å²) in [6, 6.07) is 72.3. The monoisotopic (exact) mass is 752 g/mol. The van der Waals surface area contributed by atoms with Gasteiger partial charge in [0.15, 0.2) is 0 Å². The van der Waals surface area contributed by atoms with Gasteiger partial charge in [-0.05, 0) is 124 Å². The summed E-state index contributed by atoms with van der Waals surface area (Å²) in [5, 5.41) is 4.52. The second-order valence-corrected chi connectivity index (χ2v) is 15.7. The number of para-hydroxylation sites is 4. The molecule has 0 aliphatic carbocycles. The predicted molar refractivity (Wildman–Crippen MR) is 246 cm³/mol. The first kappa shape index (κ1) is 32.3. The molecule has 0 N–H and O–H groups in total. The maximum absolute atomic E-state index is 6.25. The molecule has 59 heavy (non-hydrogen) atoms. The van der Waals surface area contributed by atoms with E-state index in [0.29, 0.717) is 0 Å². The molecule has 4 nitrogen and oxygen atoms in total. The third-order valence-corrected chi connectivity index (χ3v) is 12.4. The van der Waals surface area contributed by atoms with E-state index >= 15 is 0 Å². The predicted octanol–water partition coefficient (Wildman–Crippen LogP) is 12.9. The van der Waals surface area contributed by atoms with Gasteiger partial charge in [-0.1, -0.05) is 115 Å². The van der Waals surface area contributed by atoms with Crippen molar-refractivity contribution < 1.29 is 8.83 Å².